The molecule has 1 N–H and O–H groups in total. The number of benzene rings is 1. The molecule has 0 amide bonds. The lowest BCUT2D eigenvalue weighted by Crippen LogP contribution is -1.85. The molecule has 0 radical (unpaired) electrons. The Morgan fingerprint density at radius 3 is 2.86 bits per heavy atom. The number of rotatable bonds is 1. The third-order valence-electron chi connectivity index (χ3n) is 1.74. The number of nitrogens with zero attached hydrogens (tertiary/aromatic N) is 1. The average molecular weight is 296 g/mol. The number of halogens is 3. The molecule has 3 nitrogen and oxygen atoms in total. The first-order chi connectivity index (χ1) is 6.63. The summed E-state index contributed by atoms with van der Waals surface area (Å²) in [4.78, 5) is 4.13. The Balaban J connectivity index is 2.81. The van der Waals surface area contributed by atoms with Gasteiger partial charge in [0.05, 0.1) is 14.5 Å². The van der Waals surface area contributed by atoms with Gasteiger partial charge in [-0.1, -0.05) is 23.2 Å². The van der Waals surface area contributed by atoms with Crippen molar-refractivity contribution in [2.75, 3.05) is 12.4 Å². The molecule has 0 bridgehead atoms. The zero-order chi connectivity index (χ0) is 10.3. The first kappa shape index (κ1) is 10.1. The third-order valence-corrected chi connectivity index (χ3v) is 3.68. The largest absolute Gasteiger partial charge is 0.423 e. The summed E-state index contributed by atoms with van der Waals surface area (Å²) in [6, 6.07) is 2.08. The average Bonchev–Trinajstić information content (AvgIpc) is 2.57. The molecule has 0 aliphatic carbocycles. The maximum atomic E-state index is 6.02. The maximum Gasteiger partial charge on any atom is 0.295 e. The van der Waals surface area contributed by atoms with Crippen LogP contribution in [0.5, 0.6) is 0 Å². The predicted octanol–water partition coefficient (Wildman–Crippen LogP) is 3.94. The SMILES string of the molecule is CNc1nc2c(Cl)c(Br)c(Cl)cc2o1. The van der Waals surface area contributed by atoms with Crippen LogP contribution in [0.1, 0.15) is 0 Å². The molecule has 2 aromatic rings. The van der Waals surface area contributed by atoms with Crippen molar-refractivity contribution in [2.45, 2.75) is 0 Å². The van der Waals surface area contributed by atoms with Gasteiger partial charge in [0.1, 0.15) is 5.52 Å². The van der Waals surface area contributed by atoms with E-state index in [1.165, 1.54) is 0 Å². The molecule has 14 heavy (non-hydrogen) atoms. The molecule has 0 saturated heterocycles. The van der Waals surface area contributed by atoms with Crippen LogP contribution < -0.4 is 5.32 Å². The lowest BCUT2D eigenvalue weighted by Gasteiger charge is -1.97. The number of fused-ring (bicyclic) bond motifs is 1. The molecule has 0 saturated carbocycles. The van der Waals surface area contributed by atoms with Gasteiger partial charge in [0.15, 0.2) is 5.58 Å². The van der Waals surface area contributed by atoms with Gasteiger partial charge >= 0.3 is 0 Å². The Morgan fingerprint density at radius 1 is 1.50 bits per heavy atom. The molecular formula is C8H5BrCl2N2O. The Bertz CT molecular complexity index is 498. The molecular weight excluding hydrogens is 291 g/mol. The highest BCUT2D eigenvalue weighted by Crippen LogP contribution is 2.37. The van der Waals surface area contributed by atoms with Crippen LogP contribution in [-0.4, -0.2) is 12.0 Å². The van der Waals surface area contributed by atoms with E-state index in [0.717, 1.165) is 0 Å². The normalized spacial score (nSPS) is 10.9. The van der Waals surface area contributed by atoms with Crippen molar-refractivity contribution in [2.24, 2.45) is 0 Å². The number of nitrogens with one attached hydrogen (secondary N) is 1. The molecule has 2 rings (SSSR count). The molecule has 0 aliphatic heterocycles. The van der Waals surface area contributed by atoms with Crippen LogP contribution >= 0.6 is 39.1 Å². The zero-order valence-corrected chi connectivity index (χ0v) is 10.2. The summed E-state index contributed by atoms with van der Waals surface area (Å²) in [6.45, 7) is 0. The summed E-state index contributed by atoms with van der Waals surface area (Å²) in [7, 11) is 1.72. The minimum absolute atomic E-state index is 0.413. The molecule has 1 heterocycles. The van der Waals surface area contributed by atoms with Crippen LogP contribution in [0.25, 0.3) is 11.1 Å². The fourth-order valence-corrected chi connectivity index (χ4v) is 1.86. The summed E-state index contributed by atoms with van der Waals surface area (Å²) >= 11 is 15.2. The summed E-state index contributed by atoms with van der Waals surface area (Å²) in [5.41, 5.74) is 1.15. The topological polar surface area (TPSA) is 38.1 Å². The molecule has 0 spiro atoms. The second kappa shape index (κ2) is 3.61. The third kappa shape index (κ3) is 1.47. The van der Waals surface area contributed by atoms with Gasteiger partial charge in [-0.15, -0.1) is 0 Å². The molecule has 0 atom stereocenters. The minimum Gasteiger partial charge on any atom is -0.423 e. The molecule has 0 fully saturated rings. The van der Waals surface area contributed by atoms with Gasteiger partial charge in [0, 0.05) is 13.1 Å². The summed E-state index contributed by atoms with van der Waals surface area (Å²) < 4.78 is 5.95. The number of aromatic nitrogens is 1. The van der Waals surface area contributed by atoms with E-state index in [2.05, 4.69) is 26.2 Å². The minimum atomic E-state index is 0.413. The van der Waals surface area contributed by atoms with E-state index in [1.54, 1.807) is 13.1 Å². The van der Waals surface area contributed by atoms with Gasteiger partial charge in [-0.05, 0) is 15.9 Å². The second-order valence-corrected chi connectivity index (χ2v) is 4.18. The Hall–Kier alpha value is -0.450. The van der Waals surface area contributed by atoms with Crippen molar-refractivity contribution >= 4 is 56.2 Å². The van der Waals surface area contributed by atoms with E-state index in [0.29, 0.717) is 31.6 Å². The Morgan fingerprint density at radius 2 is 2.21 bits per heavy atom. The molecule has 1 aromatic carbocycles. The van der Waals surface area contributed by atoms with Gasteiger partial charge in [0.2, 0.25) is 0 Å². The van der Waals surface area contributed by atoms with Gasteiger partial charge in [-0.2, -0.15) is 4.98 Å². The number of hydrogen-bond donors (Lipinski definition) is 1. The Kier molecular flexibility index (Phi) is 2.60. The molecule has 0 aliphatic rings. The van der Waals surface area contributed by atoms with Crippen LogP contribution in [0.3, 0.4) is 0 Å². The van der Waals surface area contributed by atoms with Gasteiger partial charge < -0.3 is 9.73 Å². The van der Waals surface area contributed by atoms with Crippen LogP contribution in [-0.2, 0) is 0 Å². The number of oxazole rings is 1. The van der Waals surface area contributed by atoms with E-state index in [1.807, 2.05) is 0 Å². The summed E-state index contributed by atoms with van der Waals surface area (Å²) in [5, 5.41) is 3.75. The maximum absolute atomic E-state index is 6.02. The number of hydrogen-bond acceptors (Lipinski definition) is 3. The van der Waals surface area contributed by atoms with E-state index in [-0.39, 0.29) is 0 Å². The predicted molar refractivity (Wildman–Crippen MR) is 61.3 cm³/mol. The monoisotopic (exact) mass is 294 g/mol. The van der Waals surface area contributed by atoms with E-state index in [9.17, 15) is 0 Å². The fraction of sp³-hybridized carbons (Fsp3) is 0.125. The molecule has 0 unspecified atom stereocenters. The van der Waals surface area contributed by atoms with Gasteiger partial charge in [-0.25, -0.2) is 0 Å². The molecule has 1 aromatic heterocycles. The molecule has 74 valence electrons. The van der Waals surface area contributed by atoms with Crippen molar-refractivity contribution in [1.82, 2.24) is 4.98 Å². The van der Waals surface area contributed by atoms with E-state index < -0.39 is 0 Å². The van der Waals surface area contributed by atoms with Crippen molar-refractivity contribution < 1.29 is 4.42 Å². The van der Waals surface area contributed by atoms with Crippen molar-refractivity contribution in [3.05, 3.63) is 20.6 Å². The lowest BCUT2D eigenvalue weighted by atomic mass is 10.3. The summed E-state index contributed by atoms with van der Waals surface area (Å²) in [6.07, 6.45) is 0. The van der Waals surface area contributed by atoms with E-state index >= 15 is 0 Å². The fourth-order valence-electron chi connectivity index (χ4n) is 1.08. The smallest absolute Gasteiger partial charge is 0.295 e. The first-order valence-corrected chi connectivity index (χ1v) is 5.30. The van der Waals surface area contributed by atoms with E-state index in [4.69, 9.17) is 27.6 Å². The molecule has 6 heteroatoms. The van der Waals surface area contributed by atoms with Gasteiger partial charge in [-0.3, -0.25) is 0 Å². The highest BCUT2D eigenvalue weighted by atomic mass is 79.9. The van der Waals surface area contributed by atoms with Crippen molar-refractivity contribution in [3.8, 4) is 0 Å². The zero-order valence-electron chi connectivity index (χ0n) is 7.07. The summed E-state index contributed by atoms with van der Waals surface area (Å²) in [5.74, 6) is 0. The first-order valence-electron chi connectivity index (χ1n) is 3.75. The lowest BCUT2D eigenvalue weighted by molar-refractivity contribution is 0.620. The van der Waals surface area contributed by atoms with Crippen LogP contribution in [0, 0.1) is 0 Å². The highest BCUT2D eigenvalue weighted by molar-refractivity contribution is 9.10. The van der Waals surface area contributed by atoms with Crippen molar-refractivity contribution in [3.63, 3.8) is 0 Å². The Labute approximate surface area is 98.5 Å². The van der Waals surface area contributed by atoms with Crippen molar-refractivity contribution in [1.29, 1.82) is 0 Å². The standard InChI is InChI=1S/C8H5BrCl2N2O/c1-12-8-13-7-4(14-8)2-3(10)5(9)6(7)11/h2H,1H3,(H,12,13). The second-order valence-electron chi connectivity index (χ2n) is 2.60. The van der Waals surface area contributed by atoms with Crippen LogP contribution in [0.15, 0.2) is 15.0 Å². The number of anilines is 1. The highest BCUT2D eigenvalue weighted by Gasteiger charge is 2.13. The van der Waals surface area contributed by atoms with Gasteiger partial charge in [0.25, 0.3) is 6.01 Å². The quantitative estimate of drug-likeness (QED) is 0.810. The van der Waals surface area contributed by atoms with Crippen LogP contribution in [0.4, 0.5) is 6.01 Å². The van der Waals surface area contributed by atoms with Crippen LogP contribution in [0.2, 0.25) is 10.0 Å².